The molecule has 0 aliphatic carbocycles. The first-order valence-corrected chi connectivity index (χ1v) is 9.89. The van der Waals surface area contributed by atoms with Crippen molar-refractivity contribution in [2.75, 3.05) is 11.1 Å². The minimum Gasteiger partial charge on any atom is -0.310 e. The van der Waals surface area contributed by atoms with Crippen molar-refractivity contribution < 1.29 is 9.18 Å². The van der Waals surface area contributed by atoms with E-state index >= 15 is 0 Å². The van der Waals surface area contributed by atoms with Crippen LogP contribution in [0.4, 0.5) is 10.2 Å². The highest BCUT2D eigenvalue weighted by molar-refractivity contribution is 9.10. The van der Waals surface area contributed by atoms with E-state index < -0.39 is 0 Å². The van der Waals surface area contributed by atoms with Crippen LogP contribution >= 0.6 is 27.7 Å². The second-order valence-corrected chi connectivity index (χ2v) is 8.04. The molecule has 1 aliphatic rings. The van der Waals surface area contributed by atoms with Crippen LogP contribution in [0.3, 0.4) is 0 Å². The van der Waals surface area contributed by atoms with Crippen LogP contribution in [-0.2, 0) is 4.79 Å². The molecule has 0 unspecified atom stereocenters. The average Bonchev–Trinajstić information content (AvgIpc) is 2.83. The molecule has 4 rings (SSSR count). The maximum absolute atomic E-state index is 13.3. The third-order valence-electron chi connectivity index (χ3n) is 4.25. The molecular formula is C19H15BrFN3OS. The topological polar surface area (TPSA) is 46.9 Å². The second kappa shape index (κ2) is 6.89. The van der Waals surface area contributed by atoms with E-state index in [0.717, 1.165) is 21.3 Å². The zero-order chi connectivity index (χ0) is 18.3. The van der Waals surface area contributed by atoms with E-state index in [1.54, 1.807) is 28.6 Å². The molecule has 0 fully saturated rings. The highest BCUT2D eigenvalue weighted by atomic mass is 79.9. The Bertz CT molecular complexity index is 970. The molecule has 0 radical (unpaired) electrons. The van der Waals surface area contributed by atoms with E-state index in [-0.39, 0.29) is 17.0 Å². The van der Waals surface area contributed by atoms with Crippen molar-refractivity contribution in [1.29, 1.82) is 0 Å². The molecular weight excluding hydrogens is 417 g/mol. The maximum Gasteiger partial charge on any atom is 0.235 e. The largest absolute Gasteiger partial charge is 0.310 e. The van der Waals surface area contributed by atoms with E-state index in [9.17, 15) is 9.18 Å². The molecule has 2 heterocycles. The average molecular weight is 432 g/mol. The Morgan fingerprint density at radius 3 is 2.58 bits per heavy atom. The van der Waals surface area contributed by atoms with E-state index in [0.29, 0.717) is 17.3 Å². The summed E-state index contributed by atoms with van der Waals surface area (Å²) in [5.74, 6) is 0.630. The van der Waals surface area contributed by atoms with Crippen LogP contribution < -0.4 is 5.32 Å². The van der Waals surface area contributed by atoms with Gasteiger partial charge in [0.2, 0.25) is 5.91 Å². The van der Waals surface area contributed by atoms with Crippen molar-refractivity contribution in [3.63, 3.8) is 0 Å². The highest BCUT2D eigenvalue weighted by Crippen LogP contribution is 2.43. The zero-order valence-electron chi connectivity index (χ0n) is 13.9. The van der Waals surface area contributed by atoms with Crippen molar-refractivity contribution in [1.82, 2.24) is 9.78 Å². The van der Waals surface area contributed by atoms with Crippen LogP contribution in [0.2, 0.25) is 0 Å². The van der Waals surface area contributed by atoms with Crippen molar-refractivity contribution >= 4 is 39.4 Å². The van der Waals surface area contributed by atoms with E-state index in [1.807, 2.05) is 19.1 Å². The van der Waals surface area contributed by atoms with Crippen LogP contribution in [0.1, 0.15) is 22.1 Å². The summed E-state index contributed by atoms with van der Waals surface area (Å²) in [6.45, 7) is 1.93. The zero-order valence-corrected chi connectivity index (χ0v) is 16.3. The molecule has 3 aromatic rings. The molecule has 1 N–H and O–H groups in total. The van der Waals surface area contributed by atoms with Crippen molar-refractivity contribution in [3.8, 4) is 5.69 Å². The molecule has 1 aliphatic heterocycles. The van der Waals surface area contributed by atoms with Gasteiger partial charge in [0.05, 0.1) is 22.4 Å². The summed E-state index contributed by atoms with van der Waals surface area (Å²) in [6.07, 6.45) is 0. The van der Waals surface area contributed by atoms with E-state index in [2.05, 4.69) is 38.5 Å². The molecule has 1 aromatic heterocycles. The molecule has 7 heteroatoms. The highest BCUT2D eigenvalue weighted by Gasteiger charge is 2.30. The summed E-state index contributed by atoms with van der Waals surface area (Å²) in [5, 5.41) is 7.58. The number of rotatable bonds is 2. The predicted molar refractivity (Wildman–Crippen MR) is 105 cm³/mol. The van der Waals surface area contributed by atoms with Gasteiger partial charge in [0.25, 0.3) is 0 Å². The third kappa shape index (κ3) is 3.17. The number of carbonyl (C=O) groups is 1. The molecule has 0 saturated heterocycles. The van der Waals surface area contributed by atoms with E-state index in [4.69, 9.17) is 0 Å². The van der Waals surface area contributed by atoms with Crippen LogP contribution in [0.5, 0.6) is 0 Å². The number of nitrogens with one attached hydrogen (secondary N) is 1. The first-order valence-electron chi connectivity index (χ1n) is 8.05. The Balaban J connectivity index is 1.87. The number of anilines is 1. The van der Waals surface area contributed by atoms with Gasteiger partial charge in [-0.2, -0.15) is 5.10 Å². The number of hydrogen-bond acceptors (Lipinski definition) is 3. The number of fused-ring (bicyclic) bond motifs is 1. The van der Waals surface area contributed by atoms with Gasteiger partial charge in [-0.25, -0.2) is 9.07 Å². The Morgan fingerprint density at radius 1 is 1.19 bits per heavy atom. The van der Waals surface area contributed by atoms with E-state index in [1.165, 1.54) is 12.1 Å². The fourth-order valence-corrected chi connectivity index (χ4v) is 4.51. The van der Waals surface area contributed by atoms with Gasteiger partial charge >= 0.3 is 0 Å². The minimum atomic E-state index is -0.309. The van der Waals surface area contributed by atoms with Crippen LogP contribution in [-0.4, -0.2) is 21.4 Å². The Labute approximate surface area is 162 Å². The molecule has 0 bridgehead atoms. The number of carbonyl (C=O) groups excluding carboxylic acids is 1. The van der Waals surface area contributed by atoms with Gasteiger partial charge in [-0.1, -0.05) is 28.1 Å². The third-order valence-corrected chi connectivity index (χ3v) is 6.05. The van der Waals surface area contributed by atoms with Gasteiger partial charge in [0.15, 0.2) is 0 Å². The second-order valence-electron chi connectivity index (χ2n) is 6.03. The summed E-state index contributed by atoms with van der Waals surface area (Å²) in [6, 6.07) is 14.2. The molecule has 26 heavy (non-hydrogen) atoms. The van der Waals surface area contributed by atoms with Crippen molar-refractivity contribution in [3.05, 3.63) is 75.6 Å². The number of aryl methyl sites for hydroxylation is 1. The first kappa shape index (κ1) is 17.3. The molecule has 4 nitrogen and oxygen atoms in total. The Hall–Kier alpha value is -2.12. The standard InChI is InChI=1S/C19H15BrFN3OS/c1-11-17-18(12-2-4-13(20)5-3-12)26-10-16(25)22-19(17)24(23-11)15-8-6-14(21)7-9-15/h2-9,18H,10H2,1H3,(H,22,25)/t18-/m1/s1. The number of halogens is 2. The summed E-state index contributed by atoms with van der Waals surface area (Å²) in [4.78, 5) is 12.3. The molecule has 0 saturated carbocycles. The lowest BCUT2D eigenvalue weighted by Gasteiger charge is -2.15. The van der Waals surface area contributed by atoms with Gasteiger partial charge in [-0.05, 0) is 48.9 Å². The Morgan fingerprint density at radius 2 is 1.88 bits per heavy atom. The number of aromatic nitrogens is 2. The number of thioether (sulfide) groups is 1. The fraction of sp³-hybridized carbons (Fsp3) is 0.158. The SMILES string of the molecule is Cc1nn(-c2ccc(F)cc2)c2c1[C@@H](c1ccc(Br)cc1)SCC(=O)N2. The van der Waals surface area contributed by atoms with Crippen LogP contribution in [0.15, 0.2) is 53.0 Å². The summed E-state index contributed by atoms with van der Waals surface area (Å²) in [5.41, 5.74) is 3.63. The molecule has 1 amide bonds. The monoisotopic (exact) mass is 431 g/mol. The number of nitrogens with zero attached hydrogens (tertiary/aromatic N) is 2. The minimum absolute atomic E-state index is 0.00810. The number of benzene rings is 2. The first-order chi connectivity index (χ1) is 12.5. The van der Waals surface area contributed by atoms with Crippen molar-refractivity contribution in [2.24, 2.45) is 0 Å². The van der Waals surface area contributed by atoms with Gasteiger partial charge in [0.1, 0.15) is 11.6 Å². The lowest BCUT2D eigenvalue weighted by molar-refractivity contribution is -0.113. The van der Waals surface area contributed by atoms with Crippen molar-refractivity contribution in [2.45, 2.75) is 12.2 Å². The lowest BCUT2D eigenvalue weighted by Crippen LogP contribution is -2.15. The van der Waals surface area contributed by atoms with Gasteiger partial charge in [0, 0.05) is 10.0 Å². The predicted octanol–water partition coefficient (Wildman–Crippen LogP) is 4.86. The number of hydrogen-bond donors (Lipinski definition) is 1. The summed E-state index contributed by atoms with van der Waals surface area (Å²) in [7, 11) is 0. The smallest absolute Gasteiger partial charge is 0.235 e. The fourth-order valence-electron chi connectivity index (χ4n) is 3.05. The van der Waals surface area contributed by atoms with Crippen LogP contribution in [0.25, 0.3) is 5.69 Å². The van der Waals surface area contributed by atoms with Gasteiger partial charge < -0.3 is 5.32 Å². The number of amides is 1. The Kier molecular flexibility index (Phi) is 4.58. The summed E-state index contributed by atoms with van der Waals surface area (Å²) >= 11 is 5.04. The molecule has 0 spiro atoms. The van der Waals surface area contributed by atoms with Gasteiger partial charge in [-0.15, -0.1) is 11.8 Å². The van der Waals surface area contributed by atoms with Crippen LogP contribution in [0, 0.1) is 12.7 Å². The molecule has 132 valence electrons. The molecule has 2 aromatic carbocycles. The lowest BCUT2D eigenvalue weighted by atomic mass is 10.0. The van der Waals surface area contributed by atoms with Gasteiger partial charge in [-0.3, -0.25) is 4.79 Å². The summed E-state index contributed by atoms with van der Waals surface area (Å²) < 4.78 is 16.0. The molecule has 1 atom stereocenters. The normalized spacial score (nSPS) is 16.7. The maximum atomic E-state index is 13.3. The quantitative estimate of drug-likeness (QED) is 0.630.